The van der Waals surface area contributed by atoms with E-state index in [9.17, 15) is 0 Å². The number of nitrogens with zero attached hydrogens (tertiary/aromatic N) is 1. The molecule has 0 unspecified atom stereocenters. The van der Waals surface area contributed by atoms with Gasteiger partial charge in [-0.25, -0.2) is 4.85 Å². The van der Waals surface area contributed by atoms with E-state index in [1.807, 2.05) is 24.3 Å². The summed E-state index contributed by atoms with van der Waals surface area (Å²) in [5.41, 5.74) is 9.26. The molecule has 0 aliphatic heterocycles. The van der Waals surface area contributed by atoms with E-state index in [0.717, 1.165) is 24.0 Å². The number of aryl methyl sites for hydroxylation is 1. The van der Waals surface area contributed by atoms with Crippen LogP contribution in [0.25, 0.3) is 4.85 Å². The third-order valence-electron chi connectivity index (χ3n) is 2.92. The molecule has 2 N–H and O–H groups in total. The molecule has 2 aromatic rings. The Balaban J connectivity index is 2.17. The smallest absolute Gasteiger partial charge is 0.188 e. The fourth-order valence-electron chi connectivity index (χ4n) is 1.91. The third kappa shape index (κ3) is 3.99. The van der Waals surface area contributed by atoms with Gasteiger partial charge < -0.3 is 5.73 Å². The van der Waals surface area contributed by atoms with Crippen LogP contribution in [0.1, 0.15) is 23.1 Å². The molecular formula is C18H16N2. The second kappa shape index (κ2) is 7.14. The fourth-order valence-corrected chi connectivity index (χ4v) is 1.91. The Labute approximate surface area is 120 Å². The summed E-state index contributed by atoms with van der Waals surface area (Å²) >= 11 is 0. The van der Waals surface area contributed by atoms with Crippen LogP contribution in [0.3, 0.4) is 0 Å². The van der Waals surface area contributed by atoms with Crippen LogP contribution < -0.4 is 5.73 Å². The van der Waals surface area contributed by atoms with Gasteiger partial charge in [-0.3, -0.25) is 0 Å². The molecule has 0 atom stereocenters. The molecule has 0 aromatic heterocycles. The first-order valence-corrected chi connectivity index (χ1v) is 6.60. The molecule has 2 nitrogen and oxygen atoms in total. The van der Waals surface area contributed by atoms with E-state index in [2.05, 4.69) is 28.8 Å². The van der Waals surface area contributed by atoms with Crippen molar-refractivity contribution >= 4 is 5.69 Å². The average molecular weight is 260 g/mol. The predicted molar refractivity (Wildman–Crippen MR) is 82.5 cm³/mol. The lowest BCUT2D eigenvalue weighted by Crippen LogP contribution is -2.00. The molecule has 0 amide bonds. The topological polar surface area (TPSA) is 30.4 Å². The zero-order chi connectivity index (χ0) is 14.2. The van der Waals surface area contributed by atoms with Gasteiger partial charge in [0.1, 0.15) is 0 Å². The van der Waals surface area contributed by atoms with E-state index in [0.29, 0.717) is 12.2 Å². The molecule has 0 fully saturated rings. The maximum absolute atomic E-state index is 7.00. The second-order valence-corrected chi connectivity index (χ2v) is 4.50. The molecule has 20 heavy (non-hydrogen) atoms. The number of nitrogens with two attached hydrogens (primary N) is 1. The Morgan fingerprint density at radius 2 is 1.70 bits per heavy atom. The van der Waals surface area contributed by atoms with Crippen molar-refractivity contribution in [1.82, 2.24) is 0 Å². The second-order valence-electron chi connectivity index (χ2n) is 4.50. The van der Waals surface area contributed by atoms with Crippen LogP contribution in [-0.2, 0) is 6.42 Å². The van der Waals surface area contributed by atoms with Gasteiger partial charge in [-0.15, -0.1) is 0 Å². The minimum Gasteiger partial charge on any atom is -0.330 e. The van der Waals surface area contributed by atoms with Crippen molar-refractivity contribution < 1.29 is 0 Å². The summed E-state index contributed by atoms with van der Waals surface area (Å²) < 4.78 is 0. The van der Waals surface area contributed by atoms with Crippen molar-refractivity contribution in [2.24, 2.45) is 5.73 Å². The van der Waals surface area contributed by atoms with Crippen LogP contribution in [0.4, 0.5) is 5.69 Å². The zero-order valence-electron chi connectivity index (χ0n) is 11.3. The largest absolute Gasteiger partial charge is 0.330 e. The molecule has 0 heterocycles. The minimum absolute atomic E-state index is 0.619. The fraction of sp³-hybridized carbons (Fsp3) is 0.167. The maximum Gasteiger partial charge on any atom is 0.188 e. The van der Waals surface area contributed by atoms with Crippen molar-refractivity contribution in [1.29, 1.82) is 0 Å². The van der Waals surface area contributed by atoms with Gasteiger partial charge in [-0.2, -0.15) is 0 Å². The lowest BCUT2D eigenvalue weighted by atomic mass is 10.1. The highest BCUT2D eigenvalue weighted by molar-refractivity contribution is 5.52. The molecule has 98 valence electrons. The van der Waals surface area contributed by atoms with Gasteiger partial charge in [0.15, 0.2) is 5.69 Å². The number of benzene rings is 2. The van der Waals surface area contributed by atoms with Crippen LogP contribution in [-0.4, -0.2) is 6.54 Å². The first-order chi connectivity index (χ1) is 9.81. The SMILES string of the molecule is [C-]#[N+]c1cccc(C#Cc2cccc(CCCN)c2)c1. The lowest BCUT2D eigenvalue weighted by Gasteiger charge is -2.00. The molecule has 2 aromatic carbocycles. The van der Waals surface area contributed by atoms with Gasteiger partial charge in [-0.05, 0) is 49.2 Å². The minimum atomic E-state index is 0.619. The monoisotopic (exact) mass is 260 g/mol. The zero-order valence-corrected chi connectivity index (χ0v) is 11.3. The summed E-state index contributed by atoms with van der Waals surface area (Å²) in [6.07, 6.45) is 1.98. The number of rotatable bonds is 3. The van der Waals surface area contributed by atoms with Gasteiger partial charge in [0.05, 0.1) is 6.57 Å². The Morgan fingerprint density at radius 1 is 1.00 bits per heavy atom. The summed E-state index contributed by atoms with van der Waals surface area (Å²) in [6.45, 7) is 7.70. The summed E-state index contributed by atoms with van der Waals surface area (Å²) in [4.78, 5) is 3.40. The predicted octanol–water partition coefficient (Wildman–Crippen LogP) is 3.53. The van der Waals surface area contributed by atoms with E-state index in [1.54, 1.807) is 12.1 Å². The first-order valence-electron chi connectivity index (χ1n) is 6.60. The molecule has 0 saturated carbocycles. The molecule has 0 aliphatic rings. The molecule has 0 spiro atoms. The normalized spacial score (nSPS) is 9.40. The number of hydrogen-bond acceptors (Lipinski definition) is 1. The molecule has 0 bridgehead atoms. The molecule has 0 saturated heterocycles. The number of hydrogen-bond donors (Lipinski definition) is 1. The van der Waals surface area contributed by atoms with Crippen molar-refractivity contribution in [3.63, 3.8) is 0 Å². The van der Waals surface area contributed by atoms with E-state index in [1.165, 1.54) is 5.56 Å². The quantitative estimate of drug-likeness (QED) is 0.664. The molecule has 2 heteroatoms. The van der Waals surface area contributed by atoms with Gasteiger partial charge >= 0.3 is 0 Å². The highest BCUT2D eigenvalue weighted by atomic mass is 14.6. The Morgan fingerprint density at radius 3 is 2.40 bits per heavy atom. The van der Waals surface area contributed by atoms with Crippen LogP contribution >= 0.6 is 0 Å². The van der Waals surface area contributed by atoms with Crippen LogP contribution in [0.5, 0.6) is 0 Å². The van der Waals surface area contributed by atoms with E-state index < -0.39 is 0 Å². The first kappa shape index (κ1) is 13.9. The maximum atomic E-state index is 7.00. The van der Waals surface area contributed by atoms with Crippen LogP contribution in [0.15, 0.2) is 48.5 Å². The summed E-state index contributed by atoms with van der Waals surface area (Å²) in [5, 5.41) is 0. The lowest BCUT2D eigenvalue weighted by molar-refractivity contribution is 0.832. The van der Waals surface area contributed by atoms with Crippen LogP contribution in [0, 0.1) is 18.4 Å². The van der Waals surface area contributed by atoms with Crippen molar-refractivity contribution in [3.8, 4) is 11.8 Å². The van der Waals surface area contributed by atoms with Crippen molar-refractivity contribution in [2.75, 3.05) is 6.54 Å². The van der Waals surface area contributed by atoms with E-state index in [-0.39, 0.29) is 0 Å². The van der Waals surface area contributed by atoms with Gasteiger partial charge in [0.2, 0.25) is 0 Å². The highest BCUT2D eigenvalue weighted by Crippen LogP contribution is 2.13. The average Bonchev–Trinajstić information content (AvgIpc) is 2.51. The van der Waals surface area contributed by atoms with Crippen molar-refractivity contribution in [2.45, 2.75) is 12.8 Å². The van der Waals surface area contributed by atoms with E-state index in [4.69, 9.17) is 12.3 Å². The van der Waals surface area contributed by atoms with Crippen LogP contribution in [0.2, 0.25) is 0 Å². The Bertz CT molecular complexity index is 684. The Hall–Kier alpha value is -2.55. The molecular weight excluding hydrogens is 244 g/mol. The molecule has 0 aliphatic carbocycles. The van der Waals surface area contributed by atoms with Crippen molar-refractivity contribution in [3.05, 3.63) is 76.6 Å². The van der Waals surface area contributed by atoms with Gasteiger partial charge in [0.25, 0.3) is 0 Å². The Kier molecular flexibility index (Phi) is 4.95. The van der Waals surface area contributed by atoms with Gasteiger partial charge in [-0.1, -0.05) is 36.1 Å². The van der Waals surface area contributed by atoms with E-state index >= 15 is 0 Å². The molecule has 0 radical (unpaired) electrons. The third-order valence-corrected chi connectivity index (χ3v) is 2.92. The summed E-state index contributed by atoms with van der Waals surface area (Å²) in [6, 6.07) is 15.6. The summed E-state index contributed by atoms with van der Waals surface area (Å²) in [7, 11) is 0. The highest BCUT2D eigenvalue weighted by Gasteiger charge is 1.94. The molecule has 2 rings (SSSR count). The van der Waals surface area contributed by atoms with Gasteiger partial charge in [0, 0.05) is 11.1 Å². The summed E-state index contributed by atoms with van der Waals surface area (Å²) in [5.74, 6) is 6.25. The standard InChI is InChI=1S/C18H16N2/c1-20-18-9-3-7-17(14-18)11-10-16-6-2-5-15(13-16)8-4-12-19/h2-3,5-7,9,13-14H,4,8,12,19H2.